The van der Waals surface area contributed by atoms with Gasteiger partial charge in [-0.25, -0.2) is 0 Å². The van der Waals surface area contributed by atoms with E-state index < -0.39 is 0 Å². The largest absolute Gasteiger partial charge is 0.491 e. The van der Waals surface area contributed by atoms with Crippen molar-refractivity contribution in [2.45, 2.75) is 40.3 Å². The summed E-state index contributed by atoms with van der Waals surface area (Å²) in [4.78, 5) is 4.17. The Kier molecular flexibility index (Phi) is 4.61. The summed E-state index contributed by atoms with van der Waals surface area (Å²) in [6, 6.07) is 8.17. The van der Waals surface area contributed by atoms with Gasteiger partial charge in [-0.3, -0.25) is 4.98 Å². The Labute approximate surface area is 121 Å². The molecule has 0 bridgehead atoms. The first-order chi connectivity index (χ1) is 9.56. The summed E-state index contributed by atoms with van der Waals surface area (Å²) < 4.78 is 5.69. The predicted molar refractivity (Wildman–Crippen MR) is 83.2 cm³/mol. The van der Waals surface area contributed by atoms with Crippen molar-refractivity contribution in [1.82, 2.24) is 4.98 Å². The highest BCUT2D eigenvalue weighted by Crippen LogP contribution is 2.23. The SMILES string of the molecule is Cc1ccncc1CNc1ccc(OC(C)C)cc1C. The lowest BCUT2D eigenvalue weighted by molar-refractivity contribution is 0.242. The van der Waals surface area contributed by atoms with Gasteiger partial charge in [0.15, 0.2) is 0 Å². The Balaban J connectivity index is 2.05. The molecular formula is C17H22N2O. The fourth-order valence-electron chi connectivity index (χ4n) is 2.05. The fraction of sp³-hybridized carbons (Fsp3) is 0.353. The molecule has 3 heteroatoms. The standard InChI is InChI=1S/C17H22N2O/c1-12(2)20-16-5-6-17(14(4)9-16)19-11-15-10-18-8-7-13(15)3/h5-10,12,19H,11H2,1-4H3. The summed E-state index contributed by atoms with van der Waals surface area (Å²) in [5.41, 5.74) is 4.79. The second kappa shape index (κ2) is 6.42. The highest BCUT2D eigenvalue weighted by atomic mass is 16.5. The minimum Gasteiger partial charge on any atom is -0.491 e. The quantitative estimate of drug-likeness (QED) is 0.888. The van der Waals surface area contributed by atoms with Gasteiger partial charge >= 0.3 is 0 Å². The average Bonchev–Trinajstić information content (AvgIpc) is 2.39. The Morgan fingerprint density at radius 3 is 2.60 bits per heavy atom. The molecule has 0 amide bonds. The van der Waals surface area contributed by atoms with E-state index in [1.165, 1.54) is 16.7 Å². The summed E-state index contributed by atoms with van der Waals surface area (Å²) in [5, 5.41) is 3.46. The summed E-state index contributed by atoms with van der Waals surface area (Å²) in [6.07, 6.45) is 3.93. The van der Waals surface area contributed by atoms with Crippen LogP contribution in [0.4, 0.5) is 5.69 Å². The third-order valence-electron chi connectivity index (χ3n) is 3.19. The molecule has 1 N–H and O–H groups in total. The van der Waals surface area contributed by atoms with Crippen molar-refractivity contribution in [3.8, 4) is 5.75 Å². The van der Waals surface area contributed by atoms with Gasteiger partial charge in [0.1, 0.15) is 5.75 Å². The van der Waals surface area contributed by atoms with Gasteiger partial charge < -0.3 is 10.1 Å². The van der Waals surface area contributed by atoms with Gasteiger partial charge in [0.05, 0.1) is 6.10 Å². The second-order valence-corrected chi connectivity index (χ2v) is 5.30. The second-order valence-electron chi connectivity index (χ2n) is 5.30. The molecule has 0 radical (unpaired) electrons. The highest BCUT2D eigenvalue weighted by Gasteiger charge is 2.03. The maximum atomic E-state index is 5.69. The van der Waals surface area contributed by atoms with Crippen molar-refractivity contribution in [3.63, 3.8) is 0 Å². The zero-order chi connectivity index (χ0) is 14.5. The number of hydrogen-bond donors (Lipinski definition) is 1. The highest BCUT2D eigenvalue weighted by molar-refractivity contribution is 5.54. The van der Waals surface area contributed by atoms with Crippen LogP contribution < -0.4 is 10.1 Å². The van der Waals surface area contributed by atoms with Crippen LogP contribution in [0.15, 0.2) is 36.7 Å². The van der Waals surface area contributed by atoms with Gasteiger partial charge in [-0.2, -0.15) is 0 Å². The van der Waals surface area contributed by atoms with Crippen molar-refractivity contribution in [3.05, 3.63) is 53.3 Å². The Morgan fingerprint density at radius 2 is 1.95 bits per heavy atom. The molecule has 3 nitrogen and oxygen atoms in total. The lowest BCUT2D eigenvalue weighted by Crippen LogP contribution is -2.07. The van der Waals surface area contributed by atoms with Crippen molar-refractivity contribution in [2.24, 2.45) is 0 Å². The third-order valence-corrected chi connectivity index (χ3v) is 3.19. The van der Waals surface area contributed by atoms with Gasteiger partial charge in [-0.15, -0.1) is 0 Å². The number of rotatable bonds is 5. The van der Waals surface area contributed by atoms with Crippen LogP contribution in [0.5, 0.6) is 5.75 Å². The first kappa shape index (κ1) is 14.4. The van der Waals surface area contributed by atoms with Crippen LogP contribution >= 0.6 is 0 Å². The van der Waals surface area contributed by atoms with Crippen LogP contribution in [0.25, 0.3) is 0 Å². The minimum absolute atomic E-state index is 0.200. The summed E-state index contributed by atoms with van der Waals surface area (Å²) in [6.45, 7) is 9.04. The zero-order valence-corrected chi connectivity index (χ0v) is 12.6. The number of anilines is 1. The zero-order valence-electron chi connectivity index (χ0n) is 12.6. The van der Waals surface area contributed by atoms with E-state index in [0.717, 1.165) is 18.0 Å². The van der Waals surface area contributed by atoms with E-state index in [1.54, 1.807) is 0 Å². The molecule has 0 atom stereocenters. The molecule has 0 saturated carbocycles. The van der Waals surface area contributed by atoms with E-state index in [2.05, 4.69) is 36.3 Å². The molecule has 0 fully saturated rings. The van der Waals surface area contributed by atoms with Crippen LogP contribution in [-0.2, 0) is 6.54 Å². The lowest BCUT2D eigenvalue weighted by Gasteiger charge is -2.14. The van der Waals surface area contributed by atoms with Crippen molar-refractivity contribution in [1.29, 1.82) is 0 Å². The molecular weight excluding hydrogens is 248 g/mol. The van der Waals surface area contributed by atoms with Gasteiger partial charge in [-0.05, 0) is 68.7 Å². The van der Waals surface area contributed by atoms with E-state index in [-0.39, 0.29) is 6.10 Å². The number of benzene rings is 1. The monoisotopic (exact) mass is 270 g/mol. The summed E-state index contributed by atoms with van der Waals surface area (Å²) >= 11 is 0. The van der Waals surface area contributed by atoms with E-state index in [9.17, 15) is 0 Å². The maximum absolute atomic E-state index is 5.69. The van der Waals surface area contributed by atoms with Crippen LogP contribution in [0.2, 0.25) is 0 Å². The van der Waals surface area contributed by atoms with Crippen molar-refractivity contribution >= 4 is 5.69 Å². The molecule has 0 spiro atoms. The molecule has 0 saturated heterocycles. The van der Waals surface area contributed by atoms with Crippen LogP contribution in [0, 0.1) is 13.8 Å². The lowest BCUT2D eigenvalue weighted by atomic mass is 10.1. The molecule has 1 heterocycles. The summed E-state index contributed by atoms with van der Waals surface area (Å²) in [5.74, 6) is 0.917. The van der Waals surface area contributed by atoms with Crippen LogP contribution in [0.3, 0.4) is 0 Å². The van der Waals surface area contributed by atoms with Crippen LogP contribution in [0.1, 0.15) is 30.5 Å². The fourth-order valence-corrected chi connectivity index (χ4v) is 2.05. The van der Waals surface area contributed by atoms with Crippen LogP contribution in [-0.4, -0.2) is 11.1 Å². The summed E-state index contributed by atoms with van der Waals surface area (Å²) in [7, 11) is 0. The molecule has 1 aromatic heterocycles. The molecule has 2 rings (SSSR count). The maximum Gasteiger partial charge on any atom is 0.120 e. The van der Waals surface area contributed by atoms with E-state index >= 15 is 0 Å². The molecule has 0 unspecified atom stereocenters. The Bertz CT molecular complexity index is 579. The number of nitrogens with zero attached hydrogens (tertiary/aromatic N) is 1. The minimum atomic E-state index is 0.200. The van der Waals surface area contributed by atoms with Gasteiger partial charge in [0.2, 0.25) is 0 Å². The molecule has 2 aromatic rings. The Morgan fingerprint density at radius 1 is 1.15 bits per heavy atom. The molecule has 106 valence electrons. The van der Waals surface area contributed by atoms with Gasteiger partial charge in [0.25, 0.3) is 0 Å². The number of nitrogens with one attached hydrogen (secondary N) is 1. The predicted octanol–water partition coefficient (Wildman–Crippen LogP) is 4.10. The first-order valence-corrected chi connectivity index (χ1v) is 6.97. The van der Waals surface area contributed by atoms with Gasteiger partial charge in [0, 0.05) is 24.6 Å². The van der Waals surface area contributed by atoms with Crippen molar-refractivity contribution in [2.75, 3.05) is 5.32 Å². The molecule has 0 aliphatic carbocycles. The normalized spacial score (nSPS) is 10.7. The number of ether oxygens (including phenoxy) is 1. The molecule has 1 aromatic carbocycles. The van der Waals surface area contributed by atoms with Gasteiger partial charge in [-0.1, -0.05) is 0 Å². The van der Waals surface area contributed by atoms with E-state index in [4.69, 9.17) is 4.74 Å². The van der Waals surface area contributed by atoms with E-state index in [1.807, 2.05) is 38.4 Å². The number of aryl methyl sites for hydroxylation is 2. The molecule has 20 heavy (non-hydrogen) atoms. The van der Waals surface area contributed by atoms with E-state index in [0.29, 0.717) is 0 Å². The molecule has 0 aliphatic rings. The number of aromatic nitrogens is 1. The topological polar surface area (TPSA) is 34.2 Å². The average molecular weight is 270 g/mol. The molecule has 0 aliphatic heterocycles. The number of hydrogen-bond acceptors (Lipinski definition) is 3. The Hall–Kier alpha value is -2.03. The first-order valence-electron chi connectivity index (χ1n) is 6.97. The smallest absolute Gasteiger partial charge is 0.120 e. The number of pyridine rings is 1. The third kappa shape index (κ3) is 3.73. The van der Waals surface area contributed by atoms with Crippen molar-refractivity contribution < 1.29 is 4.74 Å².